The van der Waals surface area contributed by atoms with Gasteiger partial charge in [-0.3, -0.25) is 41.5 Å². The number of nitrogens with one attached hydrogen (secondary N) is 2. The summed E-state index contributed by atoms with van der Waals surface area (Å²) in [6, 6.07) is -0.277. The van der Waals surface area contributed by atoms with Gasteiger partial charge in [-0.1, -0.05) is 0 Å². The number of rotatable bonds is 29. The lowest BCUT2D eigenvalue weighted by Crippen LogP contribution is -2.71. The molecule has 0 spiro atoms. The molecular weight excluding hydrogens is 1390 g/mol. The van der Waals surface area contributed by atoms with Crippen LogP contribution in [0.2, 0.25) is 0 Å². The number of hydrogen-bond donors (Lipinski definition) is 13. The van der Waals surface area contributed by atoms with Gasteiger partial charge in [0.2, 0.25) is 18.1 Å². The molecule has 0 saturated carbocycles. The molecule has 54 heteroatoms. The lowest BCUT2D eigenvalue weighted by atomic mass is 9.94. The van der Waals surface area contributed by atoms with Crippen molar-refractivity contribution in [2.24, 2.45) is 0 Å². The molecule has 13 N–H and O–H groups in total. The standard InChI is InChI=1S/C35H50N2O45S7/c1-10(38)36-16-22(20(78-85(52,53)54)14(8-68-83(46,47)48)71-32(16)70-13-6-4-12(67-3)5-7-13)73-34-26(81-88(61,62)63)18(40)24(28(76-34)30(42)43)75-33-17(37-11(2)39)23(21(79-86(55,56)57)15(72-33)9-69-84(49,50)51)74-35-27(82-89(64,65)66)19(41)25(80-87(58,59)60)29(77-35)31(44)45/h4-7,14-29,32-35,40-41H,8-9H2,1-3H3,(H,36,38)(H,37,39)(H,42,43)(H,44,45)(H,46,47,48)(H,49,50,51)(H,52,53,54)(H,55,56,57)(H,58,59,60)(H,61,62,63)(H,64,65,66)/t14-,15-,16-,17-,18+,19-,20+,21+,22-,23-,24+,25-,26-,27+,28+,29+,32-,33+,34-,35-/m1/s1. The lowest BCUT2D eigenvalue weighted by Gasteiger charge is -2.50. The minimum absolute atomic E-state index is 0.172. The van der Waals surface area contributed by atoms with E-state index in [4.69, 9.17) is 42.6 Å². The molecule has 4 saturated heterocycles. The minimum atomic E-state index is -6.19. The number of aliphatic hydroxyl groups excluding tert-OH is 2. The van der Waals surface area contributed by atoms with Gasteiger partial charge in [0.25, 0.3) is 0 Å². The molecule has 2 amide bonds. The van der Waals surface area contributed by atoms with Crippen LogP contribution < -0.4 is 20.1 Å². The first kappa shape index (κ1) is 75.2. The number of amides is 2. The Morgan fingerprint density at radius 1 is 0.427 bits per heavy atom. The second-order valence-corrected chi connectivity index (χ2v) is 25.4. The van der Waals surface area contributed by atoms with Crippen LogP contribution in [0.3, 0.4) is 0 Å². The highest BCUT2D eigenvalue weighted by Crippen LogP contribution is 2.39. The molecule has 1 aromatic rings. The van der Waals surface area contributed by atoms with Gasteiger partial charge < -0.3 is 73.7 Å². The Morgan fingerprint density at radius 2 is 0.742 bits per heavy atom. The van der Waals surface area contributed by atoms with Crippen molar-refractivity contribution in [3.8, 4) is 11.5 Å². The SMILES string of the molecule is COc1ccc(O[C@@H]2O[C@H](COS(=O)(=O)O)[C@H](OS(=O)(=O)O)[C@H](O[C@@H]3O[C@H](C(=O)O)[C@@H](O[C@@H]4O[C@H](COS(=O)(=O)O)[C@H](OS(=O)(=O)O)[C@H](O[C@@H]5O[C@H](C(=O)O)[C@H](OS(=O)(=O)O)[C@@H](O)[C@@H]5OS(=O)(=O)O)[C@H]4NC(C)=O)[C@H](O)[C@H]3OS(=O)(=O)O)[C@H]2NC(C)=O)cc1. The zero-order valence-electron chi connectivity index (χ0n) is 43.9. The predicted octanol–water partition coefficient (Wildman–Crippen LogP) is -8.39. The van der Waals surface area contributed by atoms with E-state index in [1.165, 1.54) is 19.2 Å². The van der Waals surface area contributed by atoms with E-state index in [0.29, 0.717) is 6.92 Å². The van der Waals surface area contributed by atoms with Crippen LogP contribution >= 0.6 is 0 Å². The van der Waals surface area contributed by atoms with Crippen molar-refractivity contribution < 1.29 is 202 Å². The third-order valence-corrected chi connectivity index (χ3v) is 14.9. The van der Waals surface area contributed by atoms with Gasteiger partial charge in [-0.25, -0.2) is 38.9 Å². The van der Waals surface area contributed by atoms with E-state index in [-0.39, 0.29) is 11.5 Å². The number of carbonyl (C=O) groups excluding carboxylic acids is 2. The van der Waals surface area contributed by atoms with Crippen LogP contribution in [0.25, 0.3) is 0 Å². The van der Waals surface area contributed by atoms with E-state index in [0.717, 1.165) is 19.1 Å². The second-order valence-electron chi connectivity index (χ2n) is 18.0. The van der Waals surface area contributed by atoms with Crippen molar-refractivity contribution in [2.45, 2.75) is 137 Å². The molecule has 512 valence electrons. The summed E-state index contributed by atoms with van der Waals surface area (Å²) in [4.78, 5) is 51.6. The van der Waals surface area contributed by atoms with Crippen LogP contribution in [-0.2, 0) is 154 Å². The summed E-state index contributed by atoms with van der Waals surface area (Å²) < 4.78 is 318. The number of carboxylic acid groups (broad SMARTS) is 2. The molecule has 47 nitrogen and oxygen atoms in total. The summed E-state index contributed by atoms with van der Waals surface area (Å²) in [5.74, 6) is -7.67. The quantitative estimate of drug-likeness (QED) is 0.0331. The summed E-state index contributed by atoms with van der Waals surface area (Å²) in [5.41, 5.74) is 0. The molecule has 20 atom stereocenters. The summed E-state index contributed by atoms with van der Waals surface area (Å²) in [6.07, 6.45) is -53.7. The zero-order valence-corrected chi connectivity index (χ0v) is 49.6. The third kappa shape index (κ3) is 22.6. The van der Waals surface area contributed by atoms with Gasteiger partial charge in [0.15, 0.2) is 43.3 Å². The van der Waals surface area contributed by atoms with Gasteiger partial charge in [-0.15, -0.1) is 0 Å². The number of carboxylic acids is 2. The Labute approximate surface area is 500 Å². The molecule has 0 aromatic heterocycles. The normalized spacial score (nSPS) is 33.5. The van der Waals surface area contributed by atoms with Crippen LogP contribution in [0.4, 0.5) is 0 Å². The summed E-state index contributed by atoms with van der Waals surface area (Å²) >= 11 is 0. The van der Waals surface area contributed by atoms with Crippen LogP contribution in [0.5, 0.6) is 11.5 Å². The fourth-order valence-electron chi connectivity index (χ4n) is 8.62. The average Bonchev–Trinajstić information content (AvgIpc) is 0.782. The summed E-state index contributed by atoms with van der Waals surface area (Å²) in [7, 11) is -40.6. The van der Waals surface area contributed by atoms with Gasteiger partial charge in [0.1, 0.15) is 84.6 Å². The van der Waals surface area contributed by atoms with Gasteiger partial charge in [0.05, 0.1) is 20.3 Å². The van der Waals surface area contributed by atoms with E-state index in [9.17, 15) is 130 Å². The largest absolute Gasteiger partial charge is 0.497 e. The summed E-state index contributed by atoms with van der Waals surface area (Å²) in [6.45, 7) is -2.25. The van der Waals surface area contributed by atoms with Crippen molar-refractivity contribution in [1.29, 1.82) is 0 Å². The third-order valence-electron chi connectivity index (χ3n) is 11.7. The number of ether oxygens (including phenoxy) is 9. The monoisotopic (exact) mass is 1440 g/mol. The lowest BCUT2D eigenvalue weighted by molar-refractivity contribution is -0.363. The highest BCUT2D eigenvalue weighted by molar-refractivity contribution is 7.82. The second kappa shape index (κ2) is 29.2. The first-order valence-corrected chi connectivity index (χ1v) is 32.8. The highest BCUT2D eigenvalue weighted by Gasteiger charge is 2.61. The maximum Gasteiger partial charge on any atom is 0.397 e. The fraction of sp³-hybridized carbons (Fsp3) is 0.714. The number of methoxy groups -OCH3 is 1. The van der Waals surface area contributed by atoms with E-state index in [2.05, 4.69) is 34.6 Å². The Balaban J connectivity index is 1.72. The Morgan fingerprint density at radius 3 is 1.09 bits per heavy atom. The van der Waals surface area contributed by atoms with Crippen molar-refractivity contribution in [3.63, 3.8) is 0 Å². The van der Waals surface area contributed by atoms with E-state index in [1.54, 1.807) is 0 Å². The number of carbonyl (C=O) groups is 4. The molecule has 5 rings (SSSR count). The predicted molar refractivity (Wildman–Crippen MR) is 262 cm³/mol. The molecule has 0 aliphatic carbocycles. The minimum Gasteiger partial charge on any atom is -0.497 e. The summed E-state index contributed by atoms with van der Waals surface area (Å²) in [5, 5.41) is 47.8. The molecule has 4 fully saturated rings. The van der Waals surface area contributed by atoms with Gasteiger partial charge in [-0.2, -0.15) is 58.9 Å². The molecule has 89 heavy (non-hydrogen) atoms. The molecule has 1 aromatic carbocycles. The highest BCUT2D eigenvalue weighted by atomic mass is 32.3. The Hall–Kier alpha value is -4.57. The molecule has 4 aliphatic rings. The van der Waals surface area contributed by atoms with Crippen LogP contribution in [0.15, 0.2) is 24.3 Å². The molecular formula is C35H50N2O45S7. The molecule has 4 heterocycles. The van der Waals surface area contributed by atoms with Crippen LogP contribution in [0.1, 0.15) is 13.8 Å². The van der Waals surface area contributed by atoms with Crippen LogP contribution in [-0.4, -0.2) is 278 Å². The fourth-order valence-corrected chi connectivity index (χ4v) is 11.7. The first-order valence-electron chi connectivity index (χ1n) is 23.3. The maximum absolute atomic E-state index is 13.3. The smallest absolute Gasteiger partial charge is 0.397 e. The number of benzene rings is 1. The van der Waals surface area contributed by atoms with Crippen molar-refractivity contribution in [1.82, 2.24) is 10.6 Å². The number of hydrogen-bond acceptors (Lipinski definition) is 36. The Kier molecular flexibility index (Phi) is 24.6. The Bertz CT molecular complexity index is 3520. The first-order chi connectivity index (χ1) is 40.5. The number of aliphatic carboxylic acids is 2. The van der Waals surface area contributed by atoms with Crippen molar-refractivity contribution >= 4 is 96.5 Å². The van der Waals surface area contributed by atoms with Crippen molar-refractivity contribution in [3.05, 3.63) is 24.3 Å². The van der Waals surface area contributed by atoms with E-state index < -0.39 is 232 Å². The van der Waals surface area contributed by atoms with Gasteiger partial charge in [0, 0.05) is 13.8 Å². The van der Waals surface area contributed by atoms with Gasteiger partial charge >= 0.3 is 84.7 Å². The molecule has 4 aliphatic heterocycles. The topological polar surface area (TPSA) is 702 Å². The zero-order chi connectivity index (χ0) is 67.5. The van der Waals surface area contributed by atoms with Crippen LogP contribution in [0, 0.1) is 0 Å². The molecule has 0 bridgehead atoms. The van der Waals surface area contributed by atoms with Crippen molar-refractivity contribution in [2.75, 3.05) is 20.3 Å². The van der Waals surface area contributed by atoms with Gasteiger partial charge in [-0.05, 0) is 24.3 Å². The number of aliphatic hydroxyl groups is 2. The van der Waals surface area contributed by atoms with E-state index in [1.807, 2.05) is 5.32 Å². The molecule has 0 unspecified atom stereocenters. The molecule has 0 radical (unpaired) electrons. The maximum atomic E-state index is 13.3. The van der Waals surface area contributed by atoms with E-state index >= 15 is 0 Å². The average molecular weight is 1440 g/mol.